The van der Waals surface area contributed by atoms with Gasteiger partial charge in [0, 0.05) is 5.92 Å². The molecule has 2 nitrogen and oxygen atoms in total. The predicted octanol–water partition coefficient (Wildman–Crippen LogP) is 1.30. The summed E-state index contributed by atoms with van der Waals surface area (Å²) in [6.07, 6.45) is -3.76. The van der Waals surface area contributed by atoms with E-state index in [1.54, 1.807) is 0 Å². The molecule has 2 heterocycles. The van der Waals surface area contributed by atoms with Crippen LogP contribution in [0.25, 0.3) is 0 Å². The number of hydrogen-bond acceptors (Lipinski definition) is 2. The fraction of sp³-hybridized carbons (Fsp3) is 1.00. The number of fused-ring (bicyclic) bond motifs is 2. The highest BCUT2D eigenvalue weighted by Gasteiger charge is 2.59. The number of halogens is 3. The van der Waals surface area contributed by atoms with Gasteiger partial charge < -0.3 is 10.5 Å². The minimum atomic E-state index is -4.15. The quantitative estimate of drug-likeness (QED) is 0.684. The van der Waals surface area contributed by atoms with Crippen LogP contribution in [-0.4, -0.2) is 24.9 Å². The fourth-order valence-electron chi connectivity index (χ4n) is 2.53. The maximum Gasteiger partial charge on any atom is 0.394 e. The zero-order valence-corrected chi connectivity index (χ0v) is 7.05. The first-order valence-corrected chi connectivity index (χ1v) is 4.46. The Morgan fingerprint density at radius 2 is 1.85 bits per heavy atom. The normalized spacial score (nSPS) is 44.3. The maximum absolute atomic E-state index is 12.5. The molecule has 2 aliphatic heterocycles. The van der Waals surface area contributed by atoms with Gasteiger partial charge in [0.15, 0.2) is 0 Å². The van der Waals surface area contributed by atoms with E-state index in [1.807, 2.05) is 0 Å². The molecule has 0 unspecified atom stereocenters. The third-order valence-corrected chi connectivity index (χ3v) is 3.07. The summed E-state index contributed by atoms with van der Waals surface area (Å²) in [4.78, 5) is 0. The van der Waals surface area contributed by atoms with Crippen LogP contribution in [0, 0.1) is 11.8 Å². The minimum absolute atomic E-state index is 0.0747. The second-order valence-electron chi connectivity index (χ2n) is 3.76. The van der Waals surface area contributed by atoms with Gasteiger partial charge in [-0.25, -0.2) is 0 Å². The average Bonchev–Trinajstić information content (AvgIpc) is 2.59. The lowest BCUT2D eigenvalue weighted by Crippen LogP contribution is -2.41. The number of rotatable bonds is 1. The van der Waals surface area contributed by atoms with Crippen LogP contribution in [0.4, 0.5) is 13.2 Å². The van der Waals surface area contributed by atoms with Crippen molar-refractivity contribution in [3.63, 3.8) is 0 Å². The van der Waals surface area contributed by atoms with E-state index in [2.05, 4.69) is 0 Å². The first-order valence-electron chi connectivity index (χ1n) is 4.46. The lowest BCUT2D eigenvalue weighted by atomic mass is 9.79. The van der Waals surface area contributed by atoms with Crippen molar-refractivity contribution < 1.29 is 17.9 Å². The minimum Gasteiger partial charge on any atom is -0.374 e. The van der Waals surface area contributed by atoms with Gasteiger partial charge >= 0.3 is 6.18 Å². The molecule has 0 spiro atoms. The van der Waals surface area contributed by atoms with Crippen LogP contribution in [0.1, 0.15) is 12.8 Å². The van der Waals surface area contributed by atoms with E-state index in [0.717, 1.165) is 6.42 Å². The highest BCUT2D eigenvalue weighted by Crippen LogP contribution is 2.49. The molecule has 0 amide bonds. The first-order chi connectivity index (χ1) is 6.04. The lowest BCUT2D eigenvalue weighted by molar-refractivity contribution is -0.195. The Kier molecular flexibility index (Phi) is 2.03. The zero-order valence-electron chi connectivity index (χ0n) is 7.05. The van der Waals surface area contributed by atoms with Crippen LogP contribution in [0.2, 0.25) is 0 Å². The summed E-state index contributed by atoms with van der Waals surface area (Å²) in [5.74, 6) is -1.84. The molecule has 5 heteroatoms. The smallest absolute Gasteiger partial charge is 0.374 e. The molecule has 2 bridgehead atoms. The number of hydrogen-bond donors (Lipinski definition) is 1. The third kappa shape index (κ3) is 1.34. The van der Waals surface area contributed by atoms with Gasteiger partial charge in [0.2, 0.25) is 0 Å². The Labute approximate surface area is 74.2 Å². The summed E-state index contributed by atoms with van der Waals surface area (Å²) in [5.41, 5.74) is 5.33. The van der Waals surface area contributed by atoms with E-state index in [1.165, 1.54) is 0 Å². The van der Waals surface area contributed by atoms with Gasteiger partial charge in [-0.1, -0.05) is 0 Å². The zero-order chi connectivity index (χ0) is 9.64. The van der Waals surface area contributed by atoms with E-state index in [0.29, 0.717) is 6.42 Å². The fourth-order valence-corrected chi connectivity index (χ4v) is 2.53. The number of alkyl halides is 3. The number of nitrogens with two attached hydrogens (primary N) is 1. The van der Waals surface area contributed by atoms with Crippen molar-refractivity contribution in [2.24, 2.45) is 17.6 Å². The first kappa shape index (κ1) is 9.27. The van der Waals surface area contributed by atoms with Gasteiger partial charge in [0.05, 0.1) is 18.1 Å². The van der Waals surface area contributed by atoms with Crippen LogP contribution in [0.3, 0.4) is 0 Å². The summed E-state index contributed by atoms with van der Waals surface area (Å²) in [6.45, 7) is 0.0747. The van der Waals surface area contributed by atoms with Crippen molar-refractivity contribution in [3.05, 3.63) is 0 Å². The van der Waals surface area contributed by atoms with Crippen molar-refractivity contribution in [2.75, 3.05) is 6.54 Å². The molecule has 0 aromatic rings. The monoisotopic (exact) mass is 195 g/mol. The Bertz CT molecular complexity index is 206. The lowest BCUT2D eigenvalue weighted by Gasteiger charge is -2.28. The molecule has 0 radical (unpaired) electrons. The molecular weight excluding hydrogens is 183 g/mol. The van der Waals surface area contributed by atoms with Crippen LogP contribution in [0.15, 0.2) is 0 Å². The molecule has 0 aliphatic carbocycles. The van der Waals surface area contributed by atoms with E-state index in [-0.39, 0.29) is 12.6 Å². The molecule has 2 aliphatic rings. The topological polar surface area (TPSA) is 35.2 Å². The van der Waals surface area contributed by atoms with Crippen molar-refractivity contribution in [2.45, 2.75) is 31.2 Å². The highest BCUT2D eigenvalue weighted by molar-refractivity contribution is 4.99. The summed E-state index contributed by atoms with van der Waals surface area (Å²) in [6, 6.07) is 0. The van der Waals surface area contributed by atoms with Gasteiger partial charge in [-0.05, 0) is 19.4 Å². The summed E-state index contributed by atoms with van der Waals surface area (Å²) in [7, 11) is 0. The molecule has 0 saturated carbocycles. The average molecular weight is 195 g/mol. The van der Waals surface area contributed by atoms with E-state index < -0.39 is 24.1 Å². The Morgan fingerprint density at radius 1 is 1.23 bits per heavy atom. The molecule has 13 heavy (non-hydrogen) atoms. The summed E-state index contributed by atoms with van der Waals surface area (Å²) < 4.78 is 42.8. The molecule has 2 fully saturated rings. The molecule has 2 saturated heterocycles. The molecular formula is C8H12F3NO. The molecule has 4 atom stereocenters. The van der Waals surface area contributed by atoms with E-state index >= 15 is 0 Å². The van der Waals surface area contributed by atoms with Crippen molar-refractivity contribution in [1.82, 2.24) is 0 Å². The maximum atomic E-state index is 12.5. The van der Waals surface area contributed by atoms with Crippen molar-refractivity contribution in [1.29, 1.82) is 0 Å². The van der Waals surface area contributed by atoms with Crippen LogP contribution < -0.4 is 5.73 Å². The molecule has 0 aromatic heterocycles. The Hall–Kier alpha value is -0.290. The van der Waals surface area contributed by atoms with Gasteiger partial charge in [-0.15, -0.1) is 0 Å². The molecule has 2 N–H and O–H groups in total. The van der Waals surface area contributed by atoms with Crippen molar-refractivity contribution >= 4 is 0 Å². The standard InChI is InChI=1S/C8H12F3NO/c9-8(10,11)7-4(3-12)5-1-2-6(7)13-5/h4-7H,1-3,12H2/t4-,5-,6+,7-/m1/s1. The largest absolute Gasteiger partial charge is 0.394 e. The van der Waals surface area contributed by atoms with E-state index in [4.69, 9.17) is 10.5 Å². The van der Waals surface area contributed by atoms with Gasteiger partial charge in [-0.2, -0.15) is 13.2 Å². The third-order valence-electron chi connectivity index (χ3n) is 3.07. The SMILES string of the molecule is NC[C@H]1[C@@H](C(F)(F)F)[C@@H]2CC[C@H]1O2. The van der Waals surface area contributed by atoms with Gasteiger partial charge in [0.1, 0.15) is 0 Å². The summed E-state index contributed by atoms with van der Waals surface area (Å²) in [5, 5.41) is 0. The summed E-state index contributed by atoms with van der Waals surface area (Å²) >= 11 is 0. The van der Waals surface area contributed by atoms with Gasteiger partial charge in [0.25, 0.3) is 0 Å². The molecule has 76 valence electrons. The number of ether oxygens (including phenoxy) is 1. The van der Waals surface area contributed by atoms with Crippen LogP contribution >= 0.6 is 0 Å². The van der Waals surface area contributed by atoms with Crippen LogP contribution in [-0.2, 0) is 4.74 Å². The second kappa shape index (κ2) is 2.85. The van der Waals surface area contributed by atoms with Gasteiger partial charge in [-0.3, -0.25) is 0 Å². The highest BCUT2D eigenvalue weighted by atomic mass is 19.4. The van der Waals surface area contributed by atoms with Crippen molar-refractivity contribution in [3.8, 4) is 0 Å². The molecule has 0 aromatic carbocycles. The van der Waals surface area contributed by atoms with Crippen LogP contribution in [0.5, 0.6) is 0 Å². The Balaban J connectivity index is 2.18. The van der Waals surface area contributed by atoms with E-state index in [9.17, 15) is 13.2 Å². The molecule has 2 rings (SSSR count). The predicted molar refractivity (Wildman–Crippen MR) is 40.0 cm³/mol. The second-order valence-corrected chi connectivity index (χ2v) is 3.76. The Morgan fingerprint density at radius 3 is 2.31 bits per heavy atom.